The molecule has 34 heavy (non-hydrogen) atoms. The third-order valence-corrected chi connectivity index (χ3v) is 6.60. The number of aromatic nitrogens is 2. The van der Waals surface area contributed by atoms with Crippen LogP contribution in [0.5, 0.6) is 0 Å². The first-order valence-corrected chi connectivity index (χ1v) is 12.2. The molecule has 0 spiro atoms. The summed E-state index contributed by atoms with van der Waals surface area (Å²) in [5.74, 6) is 0. The highest BCUT2D eigenvalue weighted by atomic mass is 16.5. The molecule has 2 aliphatic heterocycles. The maximum Gasteiger partial charge on any atom is 0.317 e. The molecule has 0 bridgehead atoms. The Bertz CT molecular complexity index is 1180. The number of hydrogen-bond donors (Lipinski definition) is 3. The second kappa shape index (κ2) is 9.89. The van der Waals surface area contributed by atoms with E-state index in [2.05, 4.69) is 57.0 Å². The van der Waals surface area contributed by atoms with Crippen LogP contribution in [0.3, 0.4) is 0 Å². The summed E-state index contributed by atoms with van der Waals surface area (Å²) in [6.07, 6.45) is 9.06. The van der Waals surface area contributed by atoms with Crippen molar-refractivity contribution in [3.05, 3.63) is 54.4 Å². The molecule has 0 saturated carbocycles. The number of anilines is 1. The van der Waals surface area contributed by atoms with E-state index in [-0.39, 0.29) is 12.1 Å². The molecule has 1 aromatic carbocycles. The molecule has 2 aliphatic rings. The molecule has 2 amide bonds. The average Bonchev–Trinajstić information content (AvgIpc) is 3.28. The van der Waals surface area contributed by atoms with Gasteiger partial charge in [-0.25, -0.2) is 9.78 Å². The lowest BCUT2D eigenvalue weighted by atomic mass is 9.98. The van der Waals surface area contributed by atoms with Crippen LogP contribution in [0.1, 0.15) is 38.7 Å². The lowest BCUT2D eigenvalue weighted by molar-refractivity contribution is 0.0904. The van der Waals surface area contributed by atoms with Crippen LogP contribution >= 0.6 is 0 Å². The first kappa shape index (κ1) is 22.5. The SMILES string of the molecule is CC(C)NC(=O)N1CC=C(c2c[nH]c3ncc(-c4ccc(NC5CCOCC5)cc4)cc23)CC1. The van der Waals surface area contributed by atoms with Crippen molar-refractivity contribution in [2.45, 2.75) is 45.2 Å². The number of pyridine rings is 1. The summed E-state index contributed by atoms with van der Waals surface area (Å²) < 4.78 is 5.45. The summed E-state index contributed by atoms with van der Waals surface area (Å²) >= 11 is 0. The monoisotopic (exact) mass is 459 g/mol. The maximum absolute atomic E-state index is 12.3. The maximum atomic E-state index is 12.3. The molecule has 0 aliphatic carbocycles. The van der Waals surface area contributed by atoms with Crippen molar-refractivity contribution >= 4 is 28.3 Å². The Hall–Kier alpha value is -3.32. The number of carbonyl (C=O) groups excluding carboxylic acids is 1. The number of H-pyrrole nitrogens is 1. The Morgan fingerprint density at radius 3 is 2.68 bits per heavy atom. The van der Waals surface area contributed by atoms with Crippen molar-refractivity contribution < 1.29 is 9.53 Å². The largest absolute Gasteiger partial charge is 0.382 e. The van der Waals surface area contributed by atoms with Crippen molar-refractivity contribution in [1.82, 2.24) is 20.2 Å². The van der Waals surface area contributed by atoms with Crippen LogP contribution in [0.2, 0.25) is 0 Å². The minimum atomic E-state index is 0.00272. The highest BCUT2D eigenvalue weighted by Gasteiger charge is 2.20. The topological polar surface area (TPSA) is 82.3 Å². The van der Waals surface area contributed by atoms with E-state index in [9.17, 15) is 4.79 Å². The summed E-state index contributed by atoms with van der Waals surface area (Å²) in [4.78, 5) is 22.2. The highest BCUT2D eigenvalue weighted by molar-refractivity contribution is 5.93. The van der Waals surface area contributed by atoms with Crippen molar-refractivity contribution in [3.63, 3.8) is 0 Å². The zero-order valence-electron chi connectivity index (χ0n) is 19.9. The number of nitrogens with zero attached hydrogens (tertiary/aromatic N) is 2. The minimum absolute atomic E-state index is 0.00272. The number of amides is 2. The van der Waals surface area contributed by atoms with Crippen LogP contribution in [0, 0.1) is 0 Å². The fraction of sp³-hybridized carbons (Fsp3) is 0.407. The van der Waals surface area contributed by atoms with Gasteiger partial charge in [-0.2, -0.15) is 0 Å². The summed E-state index contributed by atoms with van der Waals surface area (Å²) in [5, 5.41) is 7.71. The number of ether oxygens (including phenoxy) is 1. The number of carbonyl (C=O) groups is 1. The molecule has 3 N–H and O–H groups in total. The normalized spacial score (nSPS) is 17.1. The lowest BCUT2D eigenvalue weighted by Gasteiger charge is -2.27. The molecule has 2 aromatic heterocycles. The molecular formula is C27H33N5O2. The van der Waals surface area contributed by atoms with Crippen molar-refractivity contribution in [2.24, 2.45) is 0 Å². The number of rotatable bonds is 5. The van der Waals surface area contributed by atoms with Crippen LogP contribution < -0.4 is 10.6 Å². The van der Waals surface area contributed by atoms with E-state index >= 15 is 0 Å². The summed E-state index contributed by atoms with van der Waals surface area (Å²) in [5.41, 5.74) is 6.71. The predicted octanol–water partition coefficient (Wildman–Crippen LogP) is 5.03. The Morgan fingerprint density at radius 1 is 1.18 bits per heavy atom. The summed E-state index contributed by atoms with van der Waals surface area (Å²) in [6, 6.07) is 11.4. The van der Waals surface area contributed by atoms with Crippen molar-refractivity contribution in [2.75, 3.05) is 31.6 Å². The minimum Gasteiger partial charge on any atom is -0.382 e. The first-order chi connectivity index (χ1) is 16.6. The van der Waals surface area contributed by atoms with Gasteiger partial charge in [0.1, 0.15) is 5.65 Å². The molecule has 4 heterocycles. The van der Waals surface area contributed by atoms with E-state index in [0.717, 1.165) is 60.3 Å². The number of hydrogen-bond acceptors (Lipinski definition) is 4. The zero-order valence-corrected chi connectivity index (χ0v) is 19.9. The van der Waals surface area contributed by atoms with Crippen molar-refractivity contribution in [3.8, 4) is 11.1 Å². The molecule has 178 valence electrons. The Balaban J connectivity index is 1.32. The Labute approximate surface area is 200 Å². The van der Waals surface area contributed by atoms with E-state index in [0.29, 0.717) is 19.1 Å². The van der Waals surface area contributed by atoms with Crippen LogP contribution in [0.15, 0.2) is 48.8 Å². The number of aromatic amines is 1. The molecule has 1 fully saturated rings. The summed E-state index contributed by atoms with van der Waals surface area (Å²) in [7, 11) is 0. The van der Waals surface area contributed by atoms with Gasteiger partial charge in [-0.1, -0.05) is 18.2 Å². The van der Waals surface area contributed by atoms with E-state index in [1.165, 1.54) is 11.1 Å². The van der Waals surface area contributed by atoms with Gasteiger partial charge in [-0.3, -0.25) is 0 Å². The standard InChI is InChI=1S/C27H33N5O2/c1-18(2)30-27(33)32-11-7-20(8-12-32)25-17-29-26-24(25)15-21(16-28-26)19-3-5-22(6-4-19)31-23-9-13-34-14-10-23/h3-7,15-18,23,31H,8-14H2,1-2H3,(H,28,29)(H,30,33). The second-order valence-corrected chi connectivity index (χ2v) is 9.46. The van der Waals surface area contributed by atoms with Crippen LogP contribution in [0.4, 0.5) is 10.5 Å². The molecule has 3 aromatic rings. The van der Waals surface area contributed by atoms with Crippen LogP contribution in [-0.2, 0) is 4.74 Å². The Morgan fingerprint density at radius 2 is 1.97 bits per heavy atom. The molecule has 0 radical (unpaired) electrons. The fourth-order valence-electron chi connectivity index (χ4n) is 4.70. The van der Waals surface area contributed by atoms with E-state index < -0.39 is 0 Å². The smallest absolute Gasteiger partial charge is 0.317 e. The summed E-state index contributed by atoms with van der Waals surface area (Å²) in [6.45, 7) is 6.97. The molecule has 0 unspecified atom stereocenters. The lowest BCUT2D eigenvalue weighted by Crippen LogP contribution is -2.44. The molecule has 7 heteroatoms. The van der Waals surface area contributed by atoms with Gasteiger partial charge >= 0.3 is 6.03 Å². The third-order valence-electron chi connectivity index (χ3n) is 6.60. The molecule has 7 nitrogen and oxygen atoms in total. The van der Waals surface area contributed by atoms with E-state index in [1.807, 2.05) is 31.1 Å². The van der Waals surface area contributed by atoms with Gasteiger partial charge in [-0.05, 0) is 62.4 Å². The first-order valence-electron chi connectivity index (χ1n) is 12.2. The molecule has 0 atom stereocenters. The van der Waals surface area contributed by atoms with Gasteiger partial charge in [-0.15, -0.1) is 0 Å². The van der Waals surface area contributed by atoms with Gasteiger partial charge in [0.25, 0.3) is 0 Å². The average molecular weight is 460 g/mol. The molecule has 1 saturated heterocycles. The van der Waals surface area contributed by atoms with E-state index in [4.69, 9.17) is 4.74 Å². The second-order valence-electron chi connectivity index (χ2n) is 9.46. The quantitative estimate of drug-likeness (QED) is 0.500. The Kier molecular flexibility index (Phi) is 6.54. The van der Waals surface area contributed by atoms with Crippen LogP contribution in [0.25, 0.3) is 27.7 Å². The number of nitrogens with one attached hydrogen (secondary N) is 3. The van der Waals surface area contributed by atoms with E-state index in [1.54, 1.807) is 0 Å². The molecule has 5 rings (SSSR count). The zero-order chi connectivity index (χ0) is 23.5. The fourth-order valence-corrected chi connectivity index (χ4v) is 4.70. The highest BCUT2D eigenvalue weighted by Crippen LogP contribution is 2.32. The number of urea groups is 1. The van der Waals surface area contributed by atoms with Gasteiger partial charge < -0.3 is 25.3 Å². The third kappa shape index (κ3) is 4.94. The molecular weight excluding hydrogens is 426 g/mol. The van der Waals surface area contributed by atoms with Gasteiger partial charge in [0, 0.05) is 73.0 Å². The number of benzene rings is 1. The van der Waals surface area contributed by atoms with Gasteiger partial charge in [0.05, 0.1) is 0 Å². The van der Waals surface area contributed by atoms with Gasteiger partial charge in [0.15, 0.2) is 0 Å². The van der Waals surface area contributed by atoms with Gasteiger partial charge in [0.2, 0.25) is 0 Å². The van der Waals surface area contributed by atoms with Crippen LogP contribution in [-0.4, -0.2) is 59.3 Å². The van der Waals surface area contributed by atoms with Crippen molar-refractivity contribution in [1.29, 1.82) is 0 Å². The predicted molar refractivity (Wildman–Crippen MR) is 137 cm³/mol. The number of fused-ring (bicyclic) bond motifs is 1.